The number of benzene rings is 2. The van der Waals surface area contributed by atoms with E-state index in [1.807, 2.05) is 19.9 Å². The predicted octanol–water partition coefficient (Wildman–Crippen LogP) is 3.40. The molecule has 4 nitrogen and oxygen atoms in total. The van der Waals surface area contributed by atoms with Crippen molar-refractivity contribution in [1.82, 2.24) is 0 Å². The van der Waals surface area contributed by atoms with Gasteiger partial charge in [-0.3, -0.25) is 0 Å². The van der Waals surface area contributed by atoms with Gasteiger partial charge in [0, 0.05) is 6.07 Å². The van der Waals surface area contributed by atoms with E-state index in [4.69, 9.17) is 9.47 Å². The topological polar surface area (TPSA) is 55.8 Å². The minimum atomic E-state index is -0.468. The van der Waals surface area contributed by atoms with Crippen molar-refractivity contribution in [3.63, 3.8) is 0 Å². The SMILES string of the molecule is CC(C)Oc1cc(O)ccc1OC(=O)c1ccccc1. The molecular weight excluding hydrogens is 256 g/mol. The van der Waals surface area contributed by atoms with Crippen molar-refractivity contribution in [1.29, 1.82) is 0 Å². The normalized spacial score (nSPS) is 10.3. The molecule has 2 rings (SSSR count). The first-order chi connectivity index (χ1) is 9.56. The van der Waals surface area contributed by atoms with Crippen molar-refractivity contribution >= 4 is 5.97 Å². The van der Waals surface area contributed by atoms with Crippen LogP contribution in [0.25, 0.3) is 0 Å². The number of rotatable bonds is 4. The molecule has 0 amide bonds. The van der Waals surface area contributed by atoms with Crippen LogP contribution in [0.2, 0.25) is 0 Å². The van der Waals surface area contributed by atoms with E-state index in [1.165, 1.54) is 18.2 Å². The van der Waals surface area contributed by atoms with Gasteiger partial charge in [-0.25, -0.2) is 4.79 Å². The van der Waals surface area contributed by atoms with Crippen LogP contribution in [0.5, 0.6) is 17.2 Å². The monoisotopic (exact) mass is 272 g/mol. The molecule has 4 heteroatoms. The van der Waals surface area contributed by atoms with E-state index in [2.05, 4.69) is 0 Å². The molecule has 20 heavy (non-hydrogen) atoms. The summed E-state index contributed by atoms with van der Waals surface area (Å²) in [6.45, 7) is 3.71. The van der Waals surface area contributed by atoms with E-state index in [0.29, 0.717) is 11.3 Å². The van der Waals surface area contributed by atoms with Gasteiger partial charge in [-0.05, 0) is 38.1 Å². The van der Waals surface area contributed by atoms with Gasteiger partial charge in [-0.2, -0.15) is 0 Å². The number of carbonyl (C=O) groups excluding carboxylic acids is 1. The first-order valence-electron chi connectivity index (χ1n) is 6.33. The maximum absolute atomic E-state index is 12.0. The van der Waals surface area contributed by atoms with Crippen molar-refractivity contribution < 1.29 is 19.4 Å². The van der Waals surface area contributed by atoms with E-state index < -0.39 is 5.97 Å². The molecule has 0 spiro atoms. The Morgan fingerprint density at radius 2 is 1.75 bits per heavy atom. The highest BCUT2D eigenvalue weighted by atomic mass is 16.6. The van der Waals surface area contributed by atoms with Crippen LogP contribution in [-0.4, -0.2) is 17.2 Å². The molecule has 1 N–H and O–H groups in total. The van der Waals surface area contributed by atoms with E-state index in [9.17, 15) is 9.90 Å². The second-order valence-electron chi connectivity index (χ2n) is 4.55. The van der Waals surface area contributed by atoms with Crippen molar-refractivity contribution in [3.8, 4) is 17.2 Å². The number of hydrogen-bond donors (Lipinski definition) is 1. The van der Waals surface area contributed by atoms with Crippen LogP contribution >= 0.6 is 0 Å². The maximum Gasteiger partial charge on any atom is 0.343 e. The molecule has 2 aromatic carbocycles. The molecule has 0 aliphatic rings. The fraction of sp³-hybridized carbons (Fsp3) is 0.188. The van der Waals surface area contributed by atoms with Gasteiger partial charge < -0.3 is 14.6 Å². The molecule has 0 bridgehead atoms. The highest BCUT2D eigenvalue weighted by Crippen LogP contribution is 2.32. The van der Waals surface area contributed by atoms with Gasteiger partial charge in [-0.1, -0.05) is 18.2 Å². The molecule has 2 aromatic rings. The Bertz CT molecular complexity index is 591. The third-order valence-corrected chi connectivity index (χ3v) is 2.50. The fourth-order valence-electron chi connectivity index (χ4n) is 1.66. The Balaban J connectivity index is 2.22. The zero-order valence-electron chi connectivity index (χ0n) is 11.4. The van der Waals surface area contributed by atoms with Crippen LogP contribution in [0.3, 0.4) is 0 Å². The average molecular weight is 272 g/mol. The lowest BCUT2D eigenvalue weighted by Crippen LogP contribution is -2.11. The molecule has 0 radical (unpaired) electrons. The van der Waals surface area contributed by atoms with Gasteiger partial charge in [0.2, 0.25) is 0 Å². The fourth-order valence-corrected chi connectivity index (χ4v) is 1.66. The minimum absolute atomic E-state index is 0.0557. The Kier molecular flexibility index (Phi) is 4.25. The number of aromatic hydroxyl groups is 1. The van der Waals surface area contributed by atoms with Crippen molar-refractivity contribution in [2.45, 2.75) is 20.0 Å². The zero-order chi connectivity index (χ0) is 14.5. The van der Waals surface area contributed by atoms with Gasteiger partial charge in [-0.15, -0.1) is 0 Å². The van der Waals surface area contributed by atoms with Crippen molar-refractivity contribution in [2.24, 2.45) is 0 Å². The number of carbonyl (C=O) groups is 1. The number of hydrogen-bond acceptors (Lipinski definition) is 4. The Labute approximate surface area is 117 Å². The van der Waals surface area contributed by atoms with Gasteiger partial charge in [0.1, 0.15) is 5.75 Å². The Hall–Kier alpha value is -2.49. The molecule has 0 aromatic heterocycles. The summed E-state index contributed by atoms with van der Waals surface area (Å²) in [5.74, 6) is 0.208. The summed E-state index contributed by atoms with van der Waals surface area (Å²) in [5.41, 5.74) is 0.455. The average Bonchev–Trinajstić information content (AvgIpc) is 2.42. The van der Waals surface area contributed by atoms with Gasteiger partial charge in [0.25, 0.3) is 0 Å². The predicted molar refractivity (Wildman–Crippen MR) is 75.3 cm³/mol. The molecule has 0 atom stereocenters. The second-order valence-corrected chi connectivity index (χ2v) is 4.55. The van der Waals surface area contributed by atoms with Crippen molar-refractivity contribution in [3.05, 3.63) is 54.1 Å². The number of phenols is 1. The lowest BCUT2D eigenvalue weighted by atomic mass is 10.2. The lowest BCUT2D eigenvalue weighted by molar-refractivity contribution is 0.0725. The molecule has 0 heterocycles. The highest BCUT2D eigenvalue weighted by Gasteiger charge is 2.13. The summed E-state index contributed by atoms with van der Waals surface area (Å²) >= 11 is 0. The quantitative estimate of drug-likeness (QED) is 0.684. The first kappa shape index (κ1) is 13.9. The summed E-state index contributed by atoms with van der Waals surface area (Å²) in [6.07, 6.45) is -0.0917. The summed E-state index contributed by atoms with van der Waals surface area (Å²) < 4.78 is 10.8. The summed E-state index contributed by atoms with van der Waals surface area (Å²) in [4.78, 5) is 12.0. The van der Waals surface area contributed by atoms with Crippen LogP contribution in [0.4, 0.5) is 0 Å². The smallest absolute Gasteiger partial charge is 0.343 e. The second kappa shape index (κ2) is 6.10. The maximum atomic E-state index is 12.0. The Morgan fingerprint density at radius 3 is 2.40 bits per heavy atom. The molecule has 0 saturated carbocycles. The van der Waals surface area contributed by atoms with E-state index in [0.717, 1.165) is 0 Å². The molecule has 0 fully saturated rings. The van der Waals surface area contributed by atoms with Gasteiger partial charge in [0.05, 0.1) is 11.7 Å². The van der Waals surface area contributed by atoms with Crippen molar-refractivity contribution in [2.75, 3.05) is 0 Å². The zero-order valence-corrected chi connectivity index (χ0v) is 11.4. The third-order valence-electron chi connectivity index (χ3n) is 2.50. The van der Waals surface area contributed by atoms with E-state index in [1.54, 1.807) is 24.3 Å². The number of ether oxygens (including phenoxy) is 2. The highest BCUT2D eigenvalue weighted by molar-refractivity contribution is 5.91. The molecule has 0 aliphatic heterocycles. The van der Waals surface area contributed by atoms with Crippen LogP contribution in [0.15, 0.2) is 48.5 Å². The third kappa shape index (κ3) is 3.51. The first-order valence-corrected chi connectivity index (χ1v) is 6.33. The minimum Gasteiger partial charge on any atom is -0.508 e. The number of esters is 1. The summed E-state index contributed by atoms with van der Waals surface area (Å²) in [5, 5.41) is 9.48. The van der Waals surface area contributed by atoms with Gasteiger partial charge in [0.15, 0.2) is 11.5 Å². The molecule has 0 aliphatic carbocycles. The summed E-state index contributed by atoms with van der Waals surface area (Å²) in [7, 11) is 0. The van der Waals surface area contributed by atoms with Crippen LogP contribution < -0.4 is 9.47 Å². The standard InChI is InChI=1S/C16H16O4/c1-11(2)19-15-10-13(17)8-9-14(15)20-16(18)12-6-4-3-5-7-12/h3-11,17H,1-2H3. The number of phenolic OH excluding ortho intramolecular Hbond substituents is 1. The molecule has 0 unspecified atom stereocenters. The van der Waals surface area contributed by atoms with E-state index in [-0.39, 0.29) is 17.6 Å². The summed E-state index contributed by atoms with van der Waals surface area (Å²) in [6, 6.07) is 13.1. The van der Waals surface area contributed by atoms with E-state index >= 15 is 0 Å². The Morgan fingerprint density at radius 1 is 1.05 bits per heavy atom. The molecule has 0 saturated heterocycles. The van der Waals surface area contributed by atoms with Crippen LogP contribution in [-0.2, 0) is 0 Å². The largest absolute Gasteiger partial charge is 0.508 e. The lowest BCUT2D eigenvalue weighted by Gasteiger charge is -2.14. The van der Waals surface area contributed by atoms with Crippen LogP contribution in [0.1, 0.15) is 24.2 Å². The van der Waals surface area contributed by atoms with Crippen LogP contribution in [0, 0.1) is 0 Å². The molecule has 104 valence electrons. The van der Waals surface area contributed by atoms with Gasteiger partial charge >= 0.3 is 5.97 Å². The molecular formula is C16H16O4.